The Kier molecular flexibility index (Phi) is 4.31. The molecule has 3 heteroatoms. The number of hydrogen-bond acceptors (Lipinski definition) is 1. The summed E-state index contributed by atoms with van der Waals surface area (Å²) in [6.07, 6.45) is 0. The molecule has 2 aromatic carbocycles. The summed E-state index contributed by atoms with van der Waals surface area (Å²) < 4.78 is 5.74. The first-order chi connectivity index (χ1) is 8.24. The van der Waals surface area contributed by atoms with Crippen LogP contribution >= 0.6 is 0 Å². The lowest BCUT2D eigenvalue weighted by Gasteiger charge is -2.02. The zero-order valence-corrected chi connectivity index (χ0v) is 12.0. The minimum atomic E-state index is 0.436. The van der Waals surface area contributed by atoms with Crippen LogP contribution in [0.1, 0.15) is 11.1 Å². The molecule has 0 aliphatic rings. The van der Waals surface area contributed by atoms with Crippen molar-refractivity contribution in [1.29, 1.82) is 0 Å². The Hall–Kier alpha value is -1.17. The first-order valence-corrected chi connectivity index (χ1v) is 7.37. The van der Waals surface area contributed by atoms with E-state index in [4.69, 9.17) is 4.12 Å². The molecule has 2 rings (SSSR count). The Morgan fingerprint density at radius 2 is 1.00 bits per heavy atom. The van der Waals surface area contributed by atoms with E-state index in [2.05, 4.69) is 62.4 Å². The van der Waals surface area contributed by atoms with Gasteiger partial charge in [0.15, 0.2) is 0 Å². The molecule has 0 aliphatic heterocycles. The first-order valence-electron chi connectivity index (χ1n) is 5.55. The smallest absolute Gasteiger partial charge is 0.256 e. The largest absolute Gasteiger partial charge is 0.450 e. The predicted octanol–water partition coefficient (Wildman–Crippen LogP) is 1.51. The lowest BCUT2D eigenvalue weighted by molar-refractivity contribution is 0.663. The standard InChI is InChI=1S/C14H14OSi2/c1-11-3-7-13(8-4-11)16-15-17-14-9-5-12(2)6-10-14/h3-10H,1-2H3. The zero-order chi connectivity index (χ0) is 12.1. The van der Waals surface area contributed by atoms with Crippen LogP contribution in [0.5, 0.6) is 0 Å². The monoisotopic (exact) mass is 254 g/mol. The Labute approximate surface area is 108 Å². The van der Waals surface area contributed by atoms with E-state index in [9.17, 15) is 0 Å². The van der Waals surface area contributed by atoms with Crippen LogP contribution in [0.25, 0.3) is 0 Å². The molecule has 0 saturated carbocycles. The maximum atomic E-state index is 5.74. The van der Waals surface area contributed by atoms with Crippen molar-refractivity contribution in [2.75, 3.05) is 0 Å². The third-order valence-electron chi connectivity index (χ3n) is 2.44. The van der Waals surface area contributed by atoms with Gasteiger partial charge in [0.1, 0.15) is 0 Å². The summed E-state index contributed by atoms with van der Waals surface area (Å²) in [5.74, 6) is 0. The molecule has 0 heterocycles. The average molecular weight is 254 g/mol. The van der Waals surface area contributed by atoms with Gasteiger partial charge in [-0.25, -0.2) is 0 Å². The molecule has 0 atom stereocenters. The second-order valence-corrected chi connectivity index (χ2v) is 6.42. The van der Waals surface area contributed by atoms with Gasteiger partial charge in [-0.05, 0) is 24.2 Å². The van der Waals surface area contributed by atoms with Crippen molar-refractivity contribution in [2.24, 2.45) is 0 Å². The molecular formula is C14H14OSi2. The summed E-state index contributed by atoms with van der Waals surface area (Å²) in [4.78, 5) is 0. The molecule has 1 nitrogen and oxygen atoms in total. The van der Waals surface area contributed by atoms with Crippen LogP contribution in [0.2, 0.25) is 0 Å². The number of rotatable bonds is 4. The zero-order valence-electron chi connectivity index (χ0n) is 10.0. The molecule has 4 radical (unpaired) electrons. The molecule has 0 fully saturated rings. The Morgan fingerprint density at radius 1 is 0.647 bits per heavy atom. The van der Waals surface area contributed by atoms with Gasteiger partial charge in [0.05, 0.1) is 0 Å². The van der Waals surface area contributed by atoms with Gasteiger partial charge in [0.2, 0.25) is 0 Å². The van der Waals surface area contributed by atoms with Crippen LogP contribution < -0.4 is 10.4 Å². The van der Waals surface area contributed by atoms with Gasteiger partial charge >= 0.3 is 0 Å². The first kappa shape index (κ1) is 12.3. The van der Waals surface area contributed by atoms with E-state index in [0.29, 0.717) is 19.5 Å². The Morgan fingerprint density at radius 3 is 1.35 bits per heavy atom. The molecule has 17 heavy (non-hydrogen) atoms. The van der Waals surface area contributed by atoms with Crippen molar-refractivity contribution in [3.63, 3.8) is 0 Å². The highest BCUT2D eigenvalue weighted by atomic mass is 28.3. The summed E-state index contributed by atoms with van der Waals surface area (Å²) in [7, 11) is 0.872. The fourth-order valence-corrected chi connectivity index (χ4v) is 3.14. The molecule has 2 aromatic rings. The van der Waals surface area contributed by atoms with Crippen molar-refractivity contribution >= 4 is 29.9 Å². The van der Waals surface area contributed by atoms with E-state index in [1.54, 1.807) is 0 Å². The van der Waals surface area contributed by atoms with Crippen molar-refractivity contribution in [1.82, 2.24) is 0 Å². The lowest BCUT2D eigenvalue weighted by Crippen LogP contribution is -2.25. The molecule has 0 unspecified atom stereocenters. The highest BCUT2D eigenvalue weighted by Crippen LogP contribution is 1.93. The summed E-state index contributed by atoms with van der Waals surface area (Å²) in [6.45, 7) is 4.20. The van der Waals surface area contributed by atoms with Crippen molar-refractivity contribution in [3.8, 4) is 0 Å². The average Bonchev–Trinajstić information content (AvgIpc) is 2.34. The molecule has 0 saturated heterocycles. The normalized spacial score (nSPS) is 10.5. The van der Waals surface area contributed by atoms with Gasteiger partial charge in [-0.15, -0.1) is 0 Å². The second-order valence-electron chi connectivity index (χ2n) is 4.04. The molecule has 0 N–H and O–H groups in total. The van der Waals surface area contributed by atoms with Crippen molar-refractivity contribution in [3.05, 3.63) is 59.7 Å². The van der Waals surface area contributed by atoms with E-state index in [-0.39, 0.29) is 0 Å². The van der Waals surface area contributed by atoms with Crippen LogP contribution in [-0.2, 0) is 4.12 Å². The predicted molar refractivity (Wildman–Crippen MR) is 74.2 cm³/mol. The molecule has 0 aromatic heterocycles. The fourth-order valence-electron chi connectivity index (χ4n) is 1.39. The van der Waals surface area contributed by atoms with E-state index < -0.39 is 0 Å². The van der Waals surface area contributed by atoms with Crippen molar-refractivity contribution in [2.45, 2.75) is 13.8 Å². The summed E-state index contributed by atoms with van der Waals surface area (Å²) in [5, 5.41) is 2.52. The van der Waals surface area contributed by atoms with E-state index in [1.165, 1.54) is 21.5 Å². The molecule has 0 aliphatic carbocycles. The summed E-state index contributed by atoms with van der Waals surface area (Å²) in [5.41, 5.74) is 2.58. The number of hydrogen-bond donors (Lipinski definition) is 0. The minimum Gasteiger partial charge on any atom is -0.450 e. The van der Waals surface area contributed by atoms with Gasteiger partial charge in [0, 0.05) is 0 Å². The third kappa shape index (κ3) is 3.96. The van der Waals surface area contributed by atoms with Gasteiger partial charge in [-0.3, -0.25) is 0 Å². The van der Waals surface area contributed by atoms with Crippen LogP contribution in [-0.4, -0.2) is 19.5 Å². The highest BCUT2D eigenvalue weighted by molar-refractivity contribution is 6.60. The van der Waals surface area contributed by atoms with Gasteiger partial charge in [0.25, 0.3) is 19.5 Å². The van der Waals surface area contributed by atoms with Crippen LogP contribution in [0.4, 0.5) is 0 Å². The van der Waals surface area contributed by atoms with E-state index >= 15 is 0 Å². The van der Waals surface area contributed by atoms with Gasteiger partial charge in [-0.2, -0.15) is 0 Å². The summed E-state index contributed by atoms with van der Waals surface area (Å²) in [6, 6.07) is 17.0. The molecular weight excluding hydrogens is 240 g/mol. The lowest BCUT2D eigenvalue weighted by atomic mass is 10.2. The molecule has 0 amide bonds. The van der Waals surface area contributed by atoms with E-state index in [0.717, 1.165) is 0 Å². The summed E-state index contributed by atoms with van der Waals surface area (Å²) >= 11 is 0. The second kappa shape index (κ2) is 5.95. The topological polar surface area (TPSA) is 9.23 Å². The van der Waals surface area contributed by atoms with Crippen LogP contribution in [0.3, 0.4) is 0 Å². The molecule has 84 valence electrons. The van der Waals surface area contributed by atoms with Crippen LogP contribution in [0, 0.1) is 13.8 Å². The fraction of sp³-hybridized carbons (Fsp3) is 0.143. The van der Waals surface area contributed by atoms with Gasteiger partial charge < -0.3 is 4.12 Å². The molecule has 0 spiro atoms. The maximum Gasteiger partial charge on any atom is 0.256 e. The number of aryl methyl sites for hydroxylation is 2. The van der Waals surface area contributed by atoms with Crippen LogP contribution in [0.15, 0.2) is 48.5 Å². The van der Waals surface area contributed by atoms with E-state index in [1.807, 2.05) is 0 Å². The van der Waals surface area contributed by atoms with Gasteiger partial charge in [-0.1, -0.05) is 59.7 Å². The maximum absolute atomic E-state index is 5.74. The Bertz CT molecular complexity index is 417. The quantitative estimate of drug-likeness (QED) is 0.752. The van der Waals surface area contributed by atoms with Crippen molar-refractivity contribution < 1.29 is 4.12 Å². The number of benzene rings is 2. The Balaban J connectivity index is 1.83. The SMILES string of the molecule is Cc1ccc([Si]O[Si]c2ccc(C)cc2)cc1. The highest BCUT2D eigenvalue weighted by Gasteiger charge is 1.99. The third-order valence-corrected chi connectivity index (χ3v) is 4.40. The molecule has 0 bridgehead atoms. The minimum absolute atomic E-state index is 0.436.